The van der Waals surface area contributed by atoms with Gasteiger partial charge in [-0.25, -0.2) is 18.0 Å². The highest BCUT2D eigenvalue weighted by atomic mass is 19.4. The van der Waals surface area contributed by atoms with E-state index in [9.17, 15) is 83.1 Å². The Bertz CT molecular complexity index is 3530. The maximum Gasteiger partial charge on any atom is 0.404 e. The number of alkyl halides is 3. The molecule has 2 heterocycles. The smallest absolute Gasteiger partial charge is 0.404 e. The monoisotopic (exact) mass is 1550 g/mol. The fraction of sp³-hybridized carbons (Fsp3) is 0.632. The number of piperidine rings is 1. The summed E-state index contributed by atoms with van der Waals surface area (Å²) >= 11 is 0. The van der Waals surface area contributed by atoms with E-state index in [2.05, 4.69) is 42.0 Å². The third-order valence-corrected chi connectivity index (χ3v) is 20.3. The van der Waals surface area contributed by atoms with Crippen molar-refractivity contribution in [3.05, 3.63) is 94.8 Å². The summed E-state index contributed by atoms with van der Waals surface area (Å²) in [4.78, 5) is 143. The van der Waals surface area contributed by atoms with Crippen molar-refractivity contribution < 1.29 is 97.3 Å². The standard InChI is InChI=1S/C76H110F8N12O13/c1-15-44(8)66(94(12)73(104)64(42(4)5)92-72(103)65(43(6)7)93(10)11)53(107-13)39-57(99)96-34-20-25-52(96)67(108-14)45(9)69(100)89-50(36-46-22-17-16-18-23-46)38-56(98)87-40-47-27-29-49(30-28-47)88-70(101)51(24-19-32-86-75(85)106)90-71(102)63(41(2)3)91-55(97)26-21-33-95-35-31-48(37-54(95)76(82,83)84)74(105)109-68-61(80)59(78)58(77)60(79)62(68)81/h16-18,22-23,27-30,41-45,48,50-54,63-67H,15,19-21,24-26,31-40H2,1-14H3,(H,87,98)(H,88,101)(H,89,100)(H,90,102)(H,91,97)(H,92,103)(H3,85,86,106)/t44-,45+,48?,50?,51-,52-,53+,54?,63-,64-,65-,66-,67+/m0/s1. The van der Waals surface area contributed by atoms with Crippen molar-refractivity contribution in [1.29, 1.82) is 0 Å². The van der Waals surface area contributed by atoms with E-state index in [0.29, 0.717) is 31.4 Å². The van der Waals surface area contributed by atoms with Gasteiger partial charge in [0.1, 0.15) is 24.2 Å². The Hall–Kier alpha value is -8.56. The number of hydrogen-bond acceptors (Lipinski definition) is 15. The van der Waals surface area contributed by atoms with E-state index in [1.54, 1.807) is 61.9 Å². The number of nitrogens with two attached hydrogens (primary N) is 1. The number of methoxy groups -OCH3 is 2. The summed E-state index contributed by atoms with van der Waals surface area (Å²) in [5.74, 6) is -23.4. The number of likely N-dealkylation sites (tertiary alicyclic amines) is 2. The minimum absolute atomic E-state index is 0.00917. The number of ether oxygens (including phenoxy) is 3. The third kappa shape index (κ3) is 26.0. The quantitative estimate of drug-likeness (QED) is 0.00672. The van der Waals surface area contributed by atoms with Crippen molar-refractivity contribution in [3.63, 3.8) is 0 Å². The van der Waals surface area contributed by atoms with E-state index in [-0.39, 0.29) is 106 Å². The molecular formula is C76H110F8N12O13. The van der Waals surface area contributed by atoms with Crippen LogP contribution in [0.25, 0.3) is 0 Å². The number of amides is 10. The lowest BCUT2D eigenvalue weighted by atomic mass is 9.89. The maximum absolute atomic E-state index is 14.6. The Morgan fingerprint density at radius 3 is 1.84 bits per heavy atom. The van der Waals surface area contributed by atoms with E-state index >= 15 is 0 Å². The summed E-state index contributed by atoms with van der Waals surface area (Å²) in [6.45, 7) is 16.1. The second-order valence-corrected chi connectivity index (χ2v) is 29.6. The summed E-state index contributed by atoms with van der Waals surface area (Å²) < 4.78 is 129. The fourth-order valence-electron chi connectivity index (χ4n) is 14.2. The number of primary amides is 1. The average molecular weight is 1550 g/mol. The zero-order chi connectivity index (χ0) is 81.5. The number of likely N-dealkylation sites (N-methyl/N-ethyl adjacent to an activating group) is 2. The Balaban J connectivity index is 1.19. The first-order chi connectivity index (χ1) is 51.3. The molecule has 2 aliphatic heterocycles. The number of benzene rings is 3. The number of nitrogens with one attached hydrogen (secondary N) is 7. The van der Waals surface area contributed by atoms with Gasteiger partial charge in [-0.2, -0.15) is 22.0 Å². The van der Waals surface area contributed by atoms with Gasteiger partial charge in [0.05, 0.1) is 48.6 Å². The summed E-state index contributed by atoms with van der Waals surface area (Å²) in [6, 6.07) is 6.80. The lowest BCUT2D eigenvalue weighted by molar-refractivity contribution is -0.197. The van der Waals surface area contributed by atoms with Crippen molar-refractivity contribution in [3.8, 4) is 5.75 Å². The van der Waals surface area contributed by atoms with Crippen molar-refractivity contribution in [2.45, 2.75) is 213 Å². The summed E-state index contributed by atoms with van der Waals surface area (Å²) in [7, 11) is 8.32. The molecule has 0 spiro atoms. The number of urea groups is 1. The predicted octanol–water partition coefficient (Wildman–Crippen LogP) is 7.80. The van der Waals surface area contributed by atoms with Crippen LogP contribution in [0.1, 0.15) is 144 Å². The largest absolute Gasteiger partial charge is 0.420 e. The highest BCUT2D eigenvalue weighted by molar-refractivity contribution is 5.98. The van der Waals surface area contributed by atoms with Gasteiger partial charge in [-0.3, -0.25) is 53.0 Å². The van der Waals surface area contributed by atoms with Crippen LogP contribution in [0.4, 0.5) is 45.6 Å². The minimum Gasteiger partial charge on any atom is -0.420 e. The van der Waals surface area contributed by atoms with Gasteiger partial charge >= 0.3 is 18.2 Å². The third-order valence-electron chi connectivity index (χ3n) is 20.3. The summed E-state index contributed by atoms with van der Waals surface area (Å²) in [6.07, 6.45) is -6.57. The summed E-state index contributed by atoms with van der Waals surface area (Å²) in [5.41, 5.74) is 6.97. The molecule has 3 unspecified atom stereocenters. The van der Waals surface area contributed by atoms with Gasteiger partial charge in [0, 0.05) is 65.5 Å². The second-order valence-electron chi connectivity index (χ2n) is 29.6. The molecule has 3 aromatic carbocycles. The SMILES string of the molecule is CC[C@H](C)[C@@H]([C@@H](CC(=O)N1CCC[C@H]1[C@H](OC)[C@@H](C)C(=O)NC(CC(=O)NCc1ccc(NC(=O)[C@H](CCCNC(N)=O)NC(=O)[C@@H](NC(=O)CCCN2CCC(C(=O)Oc3c(F)c(F)c(F)c(F)c3F)CC2C(F)(F)F)C(C)C)cc1)Cc1ccccc1)OC)N(C)C(=O)[C@@H](NC(=O)[C@H](C(C)C)N(C)C)C(C)C. The molecular weight excluding hydrogens is 1440 g/mol. The van der Waals surface area contributed by atoms with Gasteiger partial charge < -0.3 is 67.0 Å². The molecule has 9 N–H and O–H groups in total. The van der Waals surface area contributed by atoms with Crippen molar-refractivity contribution in [1.82, 2.24) is 51.5 Å². The van der Waals surface area contributed by atoms with Crippen LogP contribution >= 0.6 is 0 Å². The van der Waals surface area contributed by atoms with E-state index < -0.39 is 180 Å². The van der Waals surface area contributed by atoms with E-state index in [1.165, 1.54) is 14.2 Å². The fourth-order valence-corrected chi connectivity index (χ4v) is 14.2. The highest BCUT2D eigenvalue weighted by Crippen LogP contribution is 2.38. The van der Waals surface area contributed by atoms with Crippen molar-refractivity contribution in [2.75, 3.05) is 66.9 Å². The van der Waals surface area contributed by atoms with Crippen molar-refractivity contribution >= 4 is 64.9 Å². The predicted molar refractivity (Wildman–Crippen MR) is 390 cm³/mol. The first-order valence-electron chi connectivity index (χ1n) is 37.0. The normalized spacial score (nSPS) is 18.3. The molecule has 5 rings (SSSR count). The van der Waals surface area contributed by atoms with Gasteiger partial charge in [-0.1, -0.05) is 111 Å². The molecule has 0 aliphatic carbocycles. The average Bonchev–Trinajstić information content (AvgIpc) is 1.00. The lowest BCUT2D eigenvalue weighted by Gasteiger charge is -2.41. The highest BCUT2D eigenvalue weighted by Gasteiger charge is 2.49. The van der Waals surface area contributed by atoms with E-state index in [0.717, 1.165) is 10.5 Å². The first kappa shape index (κ1) is 91.1. The maximum atomic E-state index is 14.6. The molecule has 2 aliphatic rings. The number of anilines is 1. The zero-order valence-corrected chi connectivity index (χ0v) is 64.7. The number of rotatable bonds is 40. The van der Waals surface area contributed by atoms with Gasteiger partial charge in [0.15, 0.2) is 0 Å². The Kier molecular flexibility index (Phi) is 35.6. The molecule has 0 aromatic heterocycles. The number of hydrogen-bond donors (Lipinski definition) is 8. The van der Waals surface area contributed by atoms with E-state index in [4.69, 9.17) is 15.2 Å². The number of esters is 1. The number of halogens is 8. The number of carbonyl (C=O) groups excluding carboxylic acids is 10. The first-order valence-corrected chi connectivity index (χ1v) is 37.0. The van der Waals surface area contributed by atoms with Gasteiger partial charge in [0.2, 0.25) is 82.1 Å². The molecule has 2 fully saturated rings. The zero-order valence-electron chi connectivity index (χ0n) is 64.7. The van der Waals surface area contributed by atoms with Crippen LogP contribution in [0.3, 0.4) is 0 Å². The van der Waals surface area contributed by atoms with Crippen LogP contribution < -0.4 is 47.7 Å². The van der Waals surface area contributed by atoms with Gasteiger partial charge in [0.25, 0.3) is 0 Å². The molecule has 608 valence electrons. The molecule has 2 saturated heterocycles. The Morgan fingerprint density at radius 2 is 1.28 bits per heavy atom. The van der Waals surface area contributed by atoms with Crippen molar-refractivity contribution in [2.24, 2.45) is 41.2 Å². The molecule has 0 bridgehead atoms. The van der Waals surface area contributed by atoms with Crippen LogP contribution in [0, 0.1) is 64.6 Å². The Morgan fingerprint density at radius 1 is 0.661 bits per heavy atom. The molecule has 33 heteroatoms. The molecule has 0 radical (unpaired) electrons. The second kappa shape index (κ2) is 42.6. The Labute approximate surface area is 632 Å². The lowest BCUT2D eigenvalue weighted by Crippen LogP contribution is -2.59. The number of carbonyl (C=O) groups is 10. The van der Waals surface area contributed by atoms with Crippen LogP contribution in [-0.4, -0.2) is 207 Å². The van der Waals surface area contributed by atoms with Gasteiger partial charge in [-0.05, 0) is 125 Å². The molecule has 13 atom stereocenters. The molecule has 0 saturated carbocycles. The molecule has 109 heavy (non-hydrogen) atoms. The van der Waals surface area contributed by atoms with Gasteiger partial charge in [-0.15, -0.1) is 0 Å². The minimum atomic E-state index is -4.99. The molecule has 3 aromatic rings. The van der Waals surface area contributed by atoms with Crippen LogP contribution in [-0.2, 0) is 65.6 Å². The number of nitrogens with zero attached hydrogens (tertiary/aromatic N) is 4. The summed E-state index contributed by atoms with van der Waals surface area (Å²) in [5, 5.41) is 19.4. The van der Waals surface area contributed by atoms with Crippen LogP contribution in [0.5, 0.6) is 5.75 Å². The molecule has 10 amide bonds. The topological polar surface area (TPSA) is 322 Å². The van der Waals surface area contributed by atoms with Crippen LogP contribution in [0.15, 0.2) is 54.6 Å². The van der Waals surface area contributed by atoms with E-state index in [1.807, 2.05) is 90.9 Å². The molecule has 25 nitrogen and oxygen atoms in total. The van der Waals surface area contributed by atoms with Crippen LogP contribution in [0.2, 0.25) is 0 Å².